The van der Waals surface area contributed by atoms with Gasteiger partial charge in [0.05, 0.1) is 24.7 Å². The summed E-state index contributed by atoms with van der Waals surface area (Å²) in [6.45, 7) is 7.74. The van der Waals surface area contributed by atoms with Crippen molar-refractivity contribution in [3.05, 3.63) is 41.5 Å². The molecule has 0 spiro atoms. The average Bonchev–Trinajstić information content (AvgIpc) is 2.78. The van der Waals surface area contributed by atoms with E-state index in [2.05, 4.69) is 4.74 Å². The van der Waals surface area contributed by atoms with Crippen LogP contribution in [0.3, 0.4) is 0 Å². The van der Waals surface area contributed by atoms with E-state index >= 15 is 0 Å². The summed E-state index contributed by atoms with van der Waals surface area (Å²) >= 11 is 0. The largest absolute Gasteiger partial charge is 0.481 e. The second-order valence-corrected chi connectivity index (χ2v) is 7.35. The maximum Gasteiger partial charge on any atom is 0.466 e. The molecule has 140 valence electrons. The first kappa shape index (κ1) is 20.2. The van der Waals surface area contributed by atoms with Crippen molar-refractivity contribution in [3.63, 3.8) is 0 Å². The zero-order valence-electron chi connectivity index (χ0n) is 15.8. The van der Waals surface area contributed by atoms with Crippen molar-refractivity contribution in [1.82, 2.24) is 0 Å². The molecule has 1 aromatic carbocycles. The first-order chi connectivity index (χ1) is 12.1. The van der Waals surface area contributed by atoms with Gasteiger partial charge in [0.1, 0.15) is 0 Å². The van der Waals surface area contributed by atoms with Crippen LogP contribution < -0.4 is 0 Å². The summed E-state index contributed by atoms with van der Waals surface area (Å²) in [5, 5.41) is 9.32. The number of methoxy groups -OCH3 is 1. The minimum Gasteiger partial charge on any atom is -0.481 e. The highest BCUT2D eigenvalue weighted by molar-refractivity contribution is 6.48. The van der Waals surface area contributed by atoms with E-state index in [-0.39, 0.29) is 6.42 Å². The van der Waals surface area contributed by atoms with E-state index in [0.717, 1.165) is 11.1 Å². The smallest absolute Gasteiger partial charge is 0.466 e. The lowest BCUT2D eigenvalue weighted by molar-refractivity contribution is -0.137. The van der Waals surface area contributed by atoms with E-state index < -0.39 is 36.1 Å². The number of carboxylic acid groups (broad SMARTS) is 1. The van der Waals surface area contributed by atoms with Crippen LogP contribution in [0.25, 0.3) is 6.08 Å². The number of carboxylic acids is 1. The molecule has 1 atom stereocenters. The summed E-state index contributed by atoms with van der Waals surface area (Å²) in [5.41, 5.74) is 0.554. The lowest BCUT2D eigenvalue weighted by Gasteiger charge is -2.32. The van der Waals surface area contributed by atoms with E-state index in [1.54, 1.807) is 6.08 Å². The van der Waals surface area contributed by atoms with E-state index in [4.69, 9.17) is 9.31 Å². The fourth-order valence-electron chi connectivity index (χ4n) is 2.70. The van der Waals surface area contributed by atoms with E-state index in [9.17, 15) is 14.7 Å². The van der Waals surface area contributed by atoms with Gasteiger partial charge in [-0.1, -0.05) is 24.3 Å². The normalized spacial score (nSPS) is 19.5. The maximum absolute atomic E-state index is 11.4. The quantitative estimate of drug-likeness (QED) is 0.477. The molecule has 0 saturated carbocycles. The molecule has 1 fully saturated rings. The Kier molecular flexibility index (Phi) is 5.93. The van der Waals surface area contributed by atoms with Gasteiger partial charge in [0.25, 0.3) is 0 Å². The number of aliphatic carboxylic acids is 1. The van der Waals surface area contributed by atoms with Gasteiger partial charge in [-0.25, -0.2) is 4.79 Å². The molecule has 0 aliphatic carbocycles. The predicted molar refractivity (Wildman–Crippen MR) is 98.6 cm³/mol. The second kappa shape index (κ2) is 7.64. The standard InChI is InChI=1S/C19H25BO6/c1-18(2)19(3,4)26-20(25-18)15(12-16(21)22)14-9-6-13(7-10-14)8-11-17(23)24-5/h6-11,15H,12H2,1-5H3,(H,21,22)/b11-8+. The van der Waals surface area contributed by atoms with Crippen molar-refractivity contribution < 1.29 is 28.7 Å². The molecule has 1 aliphatic rings. The number of carbonyl (C=O) groups is 2. The Morgan fingerprint density at radius 3 is 2.15 bits per heavy atom. The third-order valence-corrected chi connectivity index (χ3v) is 4.97. The summed E-state index contributed by atoms with van der Waals surface area (Å²) < 4.78 is 16.6. The van der Waals surface area contributed by atoms with Crippen LogP contribution in [0.1, 0.15) is 51.1 Å². The van der Waals surface area contributed by atoms with Crippen LogP contribution in [0, 0.1) is 0 Å². The van der Waals surface area contributed by atoms with Gasteiger partial charge in [-0.05, 0) is 44.9 Å². The summed E-state index contributed by atoms with van der Waals surface area (Å²) in [6.07, 6.45) is 2.86. The molecule has 0 radical (unpaired) electrons. The van der Waals surface area contributed by atoms with Gasteiger partial charge in [-0.3, -0.25) is 4.79 Å². The number of rotatable bonds is 6. The van der Waals surface area contributed by atoms with Crippen molar-refractivity contribution in [2.24, 2.45) is 0 Å². The highest BCUT2D eigenvalue weighted by Gasteiger charge is 2.54. The lowest BCUT2D eigenvalue weighted by atomic mass is 9.66. The first-order valence-corrected chi connectivity index (χ1v) is 8.49. The molecule has 0 amide bonds. The number of hydrogen-bond acceptors (Lipinski definition) is 5. The highest BCUT2D eigenvalue weighted by Crippen LogP contribution is 2.41. The number of esters is 1. The van der Waals surface area contributed by atoms with Gasteiger partial charge in [-0.15, -0.1) is 0 Å². The van der Waals surface area contributed by atoms with Crippen molar-refractivity contribution in [3.8, 4) is 0 Å². The summed E-state index contributed by atoms with van der Waals surface area (Å²) in [7, 11) is 0.671. The van der Waals surface area contributed by atoms with E-state index in [0.29, 0.717) is 0 Å². The molecule has 26 heavy (non-hydrogen) atoms. The van der Waals surface area contributed by atoms with Crippen LogP contribution in [0.2, 0.25) is 0 Å². The van der Waals surface area contributed by atoms with Crippen molar-refractivity contribution in [2.45, 2.75) is 51.1 Å². The SMILES string of the molecule is COC(=O)/C=C/c1ccc(C(CC(=O)O)B2OC(C)(C)C(C)(C)O2)cc1. The molecule has 2 rings (SSSR count). The molecule has 6 nitrogen and oxygen atoms in total. The second-order valence-electron chi connectivity index (χ2n) is 7.35. The van der Waals surface area contributed by atoms with Gasteiger partial charge in [0.15, 0.2) is 0 Å². The third-order valence-electron chi connectivity index (χ3n) is 4.97. The molecule has 1 N–H and O–H groups in total. The lowest BCUT2D eigenvalue weighted by Crippen LogP contribution is -2.41. The molecule has 1 saturated heterocycles. The number of ether oxygens (including phenoxy) is 1. The predicted octanol–water partition coefficient (Wildman–Crippen LogP) is 3.06. The van der Waals surface area contributed by atoms with Crippen molar-refractivity contribution in [1.29, 1.82) is 0 Å². The zero-order chi connectivity index (χ0) is 19.5. The molecular weight excluding hydrogens is 335 g/mol. The Morgan fingerprint density at radius 1 is 1.15 bits per heavy atom. The third kappa shape index (κ3) is 4.53. The highest BCUT2D eigenvalue weighted by atomic mass is 16.7. The van der Waals surface area contributed by atoms with Crippen LogP contribution in [-0.4, -0.2) is 42.5 Å². The molecule has 0 bridgehead atoms. The van der Waals surface area contributed by atoms with Crippen LogP contribution in [0.15, 0.2) is 30.3 Å². The van der Waals surface area contributed by atoms with Crippen molar-refractivity contribution >= 4 is 25.1 Å². The fourth-order valence-corrected chi connectivity index (χ4v) is 2.70. The minimum atomic E-state index is -0.917. The van der Waals surface area contributed by atoms with Gasteiger partial charge in [0, 0.05) is 11.9 Å². The Balaban J connectivity index is 2.24. The number of carbonyl (C=O) groups excluding carboxylic acids is 1. The monoisotopic (exact) mass is 360 g/mol. The summed E-state index contributed by atoms with van der Waals surface area (Å²) in [6, 6.07) is 7.29. The molecule has 1 aromatic rings. The van der Waals surface area contributed by atoms with Crippen LogP contribution >= 0.6 is 0 Å². The van der Waals surface area contributed by atoms with Gasteiger partial charge in [-0.2, -0.15) is 0 Å². The Hall–Kier alpha value is -2.12. The zero-order valence-corrected chi connectivity index (χ0v) is 15.8. The fraction of sp³-hybridized carbons (Fsp3) is 0.474. The van der Waals surface area contributed by atoms with Gasteiger partial charge < -0.3 is 19.2 Å². The van der Waals surface area contributed by atoms with Crippen LogP contribution in [0.4, 0.5) is 0 Å². The number of hydrogen-bond donors (Lipinski definition) is 1. The molecular formula is C19H25BO6. The molecule has 1 aliphatic heterocycles. The Labute approximate surface area is 154 Å². The summed E-state index contributed by atoms with van der Waals surface area (Å²) in [5.74, 6) is -1.79. The molecule has 7 heteroatoms. The van der Waals surface area contributed by atoms with E-state index in [1.165, 1.54) is 13.2 Å². The van der Waals surface area contributed by atoms with Gasteiger partial charge in [0.2, 0.25) is 0 Å². The first-order valence-electron chi connectivity index (χ1n) is 8.49. The van der Waals surface area contributed by atoms with Crippen molar-refractivity contribution in [2.75, 3.05) is 7.11 Å². The average molecular weight is 360 g/mol. The Morgan fingerprint density at radius 2 is 1.69 bits per heavy atom. The Bertz CT molecular complexity index is 676. The minimum absolute atomic E-state index is 0.103. The van der Waals surface area contributed by atoms with Crippen LogP contribution in [-0.2, 0) is 23.6 Å². The molecule has 0 aromatic heterocycles. The van der Waals surface area contributed by atoms with Crippen LogP contribution in [0.5, 0.6) is 0 Å². The topological polar surface area (TPSA) is 82.1 Å². The maximum atomic E-state index is 11.4. The summed E-state index contributed by atoms with van der Waals surface area (Å²) in [4.78, 5) is 22.5. The van der Waals surface area contributed by atoms with Gasteiger partial charge >= 0.3 is 19.1 Å². The number of benzene rings is 1. The van der Waals surface area contributed by atoms with E-state index in [1.807, 2.05) is 52.0 Å². The molecule has 1 heterocycles. The molecule has 1 unspecified atom stereocenters.